The van der Waals surface area contributed by atoms with Crippen LogP contribution in [0.25, 0.3) is 0 Å². The highest BCUT2D eigenvalue weighted by molar-refractivity contribution is 9.10. The van der Waals surface area contributed by atoms with Gasteiger partial charge in [0, 0.05) is 4.47 Å². The van der Waals surface area contributed by atoms with Crippen molar-refractivity contribution in [3.63, 3.8) is 0 Å². The first-order valence-electron chi connectivity index (χ1n) is 3.54. The summed E-state index contributed by atoms with van der Waals surface area (Å²) in [6.07, 6.45) is 0.0661. The molecule has 0 saturated carbocycles. The normalized spacial score (nSPS) is 21.0. The molecule has 12 heavy (non-hydrogen) atoms. The van der Waals surface area contributed by atoms with Crippen LogP contribution in [0.2, 0.25) is 0 Å². The number of epoxide rings is 1. The van der Waals surface area contributed by atoms with Gasteiger partial charge in [-0.25, -0.2) is 4.39 Å². The Kier molecular flexibility index (Phi) is 1.81. The molecule has 1 aliphatic rings. The largest absolute Gasteiger partial charge is 0.395 e. The Balaban J connectivity index is 2.45. The number of anilines is 1. The van der Waals surface area contributed by atoms with Gasteiger partial charge in [0.1, 0.15) is 11.9 Å². The van der Waals surface area contributed by atoms with Crippen molar-refractivity contribution in [2.45, 2.75) is 6.10 Å². The van der Waals surface area contributed by atoms with Crippen molar-refractivity contribution in [1.82, 2.24) is 0 Å². The molecular formula is C8H7BrFNO. The molecule has 2 rings (SSSR count). The van der Waals surface area contributed by atoms with Crippen LogP contribution in [0.4, 0.5) is 10.1 Å². The van der Waals surface area contributed by atoms with Crippen LogP contribution in [-0.4, -0.2) is 6.61 Å². The van der Waals surface area contributed by atoms with Crippen molar-refractivity contribution in [3.8, 4) is 0 Å². The lowest BCUT2D eigenvalue weighted by molar-refractivity contribution is 0.415. The van der Waals surface area contributed by atoms with E-state index in [1.807, 2.05) is 0 Å². The molecule has 1 atom stereocenters. The molecule has 2 nitrogen and oxygen atoms in total. The first kappa shape index (κ1) is 8.01. The van der Waals surface area contributed by atoms with Gasteiger partial charge in [-0.15, -0.1) is 0 Å². The molecule has 1 aromatic carbocycles. The van der Waals surface area contributed by atoms with Crippen LogP contribution in [0.3, 0.4) is 0 Å². The van der Waals surface area contributed by atoms with Gasteiger partial charge in [0.05, 0.1) is 12.3 Å². The molecule has 1 unspecified atom stereocenters. The van der Waals surface area contributed by atoms with E-state index in [1.165, 1.54) is 6.07 Å². The monoisotopic (exact) mass is 231 g/mol. The molecule has 0 aromatic heterocycles. The third-order valence-corrected chi connectivity index (χ3v) is 2.46. The lowest BCUT2D eigenvalue weighted by atomic mass is 10.1. The Morgan fingerprint density at radius 1 is 1.58 bits per heavy atom. The third kappa shape index (κ3) is 1.32. The summed E-state index contributed by atoms with van der Waals surface area (Å²) in [5.41, 5.74) is 6.40. The minimum absolute atomic E-state index is 0.0661. The van der Waals surface area contributed by atoms with E-state index < -0.39 is 5.82 Å². The maximum absolute atomic E-state index is 13.0. The Bertz CT molecular complexity index is 302. The Labute approximate surface area is 77.6 Å². The van der Waals surface area contributed by atoms with Gasteiger partial charge < -0.3 is 10.5 Å². The summed E-state index contributed by atoms with van der Waals surface area (Å²) in [6.45, 7) is 0.676. The molecule has 0 bridgehead atoms. The molecule has 64 valence electrons. The van der Waals surface area contributed by atoms with Crippen LogP contribution >= 0.6 is 15.9 Å². The standard InChI is InChI=1S/C8H7BrFNO/c9-5-1-4(7-3-12-7)2-6(10)8(5)11/h1-2,7H,3,11H2. The zero-order valence-corrected chi connectivity index (χ0v) is 7.77. The maximum Gasteiger partial charge on any atom is 0.147 e. The molecule has 0 aliphatic carbocycles. The maximum atomic E-state index is 13.0. The molecule has 1 fully saturated rings. The number of hydrogen-bond donors (Lipinski definition) is 1. The second kappa shape index (κ2) is 2.71. The fourth-order valence-electron chi connectivity index (χ4n) is 1.03. The zero-order valence-electron chi connectivity index (χ0n) is 6.18. The van der Waals surface area contributed by atoms with Crippen LogP contribution < -0.4 is 5.73 Å². The van der Waals surface area contributed by atoms with Gasteiger partial charge in [-0.3, -0.25) is 0 Å². The highest BCUT2D eigenvalue weighted by Gasteiger charge is 2.26. The van der Waals surface area contributed by atoms with E-state index in [0.717, 1.165) is 5.56 Å². The predicted octanol–water partition coefficient (Wildman–Crippen LogP) is 2.24. The van der Waals surface area contributed by atoms with Gasteiger partial charge in [0.2, 0.25) is 0 Å². The van der Waals surface area contributed by atoms with E-state index >= 15 is 0 Å². The molecular weight excluding hydrogens is 225 g/mol. The molecule has 1 heterocycles. The zero-order chi connectivity index (χ0) is 8.72. The number of nitrogen functional groups attached to an aromatic ring is 1. The van der Waals surface area contributed by atoms with E-state index in [-0.39, 0.29) is 11.8 Å². The topological polar surface area (TPSA) is 38.5 Å². The lowest BCUT2D eigenvalue weighted by Gasteiger charge is -2.02. The smallest absolute Gasteiger partial charge is 0.147 e. The summed E-state index contributed by atoms with van der Waals surface area (Å²) in [5, 5.41) is 0. The SMILES string of the molecule is Nc1c(F)cc(C2CO2)cc1Br. The van der Waals surface area contributed by atoms with Crippen LogP contribution in [0.15, 0.2) is 16.6 Å². The van der Waals surface area contributed by atoms with E-state index in [2.05, 4.69) is 15.9 Å². The van der Waals surface area contributed by atoms with Gasteiger partial charge in [-0.05, 0) is 33.6 Å². The highest BCUT2D eigenvalue weighted by Crippen LogP contribution is 2.34. The van der Waals surface area contributed by atoms with E-state index in [9.17, 15) is 4.39 Å². The minimum atomic E-state index is -0.394. The van der Waals surface area contributed by atoms with Crippen molar-refractivity contribution < 1.29 is 9.13 Å². The summed E-state index contributed by atoms with van der Waals surface area (Å²) in [4.78, 5) is 0. The Hall–Kier alpha value is -0.610. The van der Waals surface area contributed by atoms with E-state index in [1.54, 1.807) is 6.07 Å². The fourth-order valence-corrected chi connectivity index (χ4v) is 1.48. The van der Waals surface area contributed by atoms with Crippen LogP contribution in [0, 0.1) is 5.82 Å². The minimum Gasteiger partial charge on any atom is -0.395 e. The molecule has 0 amide bonds. The van der Waals surface area contributed by atoms with Crippen LogP contribution in [0.5, 0.6) is 0 Å². The predicted molar refractivity (Wildman–Crippen MR) is 47.2 cm³/mol. The fraction of sp³-hybridized carbons (Fsp3) is 0.250. The molecule has 1 aliphatic heterocycles. The van der Waals surface area contributed by atoms with Crippen molar-refractivity contribution in [2.24, 2.45) is 0 Å². The molecule has 2 N–H and O–H groups in total. The van der Waals surface area contributed by atoms with Gasteiger partial charge >= 0.3 is 0 Å². The molecule has 4 heteroatoms. The molecule has 0 spiro atoms. The van der Waals surface area contributed by atoms with E-state index in [0.29, 0.717) is 11.1 Å². The summed E-state index contributed by atoms with van der Waals surface area (Å²) in [6, 6.07) is 3.20. The van der Waals surface area contributed by atoms with Gasteiger partial charge in [-0.1, -0.05) is 0 Å². The first-order chi connectivity index (χ1) is 5.68. The highest BCUT2D eigenvalue weighted by atomic mass is 79.9. The molecule has 1 aromatic rings. The third-order valence-electron chi connectivity index (χ3n) is 1.81. The van der Waals surface area contributed by atoms with E-state index in [4.69, 9.17) is 10.5 Å². The Morgan fingerprint density at radius 2 is 2.25 bits per heavy atom. The Morgan fingerprint density at radius 3 is 2.75 bits per heavy atom. The number of hydrogen-bond acceptors (Lipinski definition) is 2. The summed E-state index contributed by atoms with van der Waals surface area (Å²) in [5.74, 6) is -0.394. The number of nitrogens with two attached hydrogens (primary N) is 1. The average molecular weight is 232 g/mol. The van der Waals surface area contributed by atoms with Crippen molar-refractivity contribution in [2.75, 3.05) is 12.3 Å². The van der Waals surface area contributed by atoms with Gasteiger partial charge in [-0.2, -0.15) is 0 Å². The number of halogens is 2. The number of benzene rings is 1. The second-order valence-corrected chi connectivity index (χ2v) is 3.57. The summed E-state index contributed by atoms with van der Waals surface area (Å²) < 4.78 is 18.6. The van der Waals surface area contributed by atoms with Gasteiger partial charge in [0.25, 0.3) is 0 Å². The van der Waals surface area contributed by atoms with Crippen LogP contribution in [0.1, 0.15) is 11.7 Å². The summed E-state index contributed by atoms with van der Waals surface area (Å²) in [7, 11) is 0. The van der Waals surface area contributed by atoms with Gasteiger partial charge in [0.15, 0.2) is 0 Å². The van der Waals surface area contributed by atoms with Crippen molar-refractivity contribution in [1.29, 1.82) is 0 Å². The first-order valence-corrected chi connectivity index (χ1v) is 4.34. The molecule has 0 radical (unpaired) electrons. The summed E-state index contributed by atoms with van der Waals surface area (Å²) >= 11 is 3.17. The van der Waals surface area contributed by atoms with Crippen molar-refractivity contribution >= 4 is 21.6 Å². The lowest BCUT2D eigenvalue weighted by Crippen LogP contribution is -1.94. The second-order valence-electron chi connectivity index (χ2n) is 2.72. The number of rotatable bonds is 1. The van der Waals surface area contributed by atoms with Crippen LogP contribution in [-0.2, 0) is 4.74 Å². The molecule has 1 saturated heterocycles. The number of ether oxygens (including phenoxy) is 1. The van der Waals surface area contributed by atoms with Crippen molar-refractivity contribution in [3.05, 3.63) is 28.0 Å². The average Bonchev–Trinajstić information content (AvgIpc) is 2.81. The quantitative estimate of drug-likeness (QED) is 0.595.